The molecule has 146 valence electrons. The van der Waals surface area contributed by atoms with Crippen molar-refractivity contribution in [3.05, 3.63) is 18.2 Å². The third-order valence-corrected chi connectivity index (χ3v) is 3.26. The van der Waals surface area contributed by atoms with Crippen LogP contribution in [0, 0.1) is 0 Å². The predicted molar refractivity (Wildman–Crippen MR) is 92.0 cm³/mol. The summed E-state index contributed by atoms with van der Waals surface area (Å²) in [5, 5.41) is 0. The minimum Gasteiger partial charge on any atom is -0.487 e. The van der Waals surface area contributed by atoms with E-state index in [2.05, 4.69) is 0 Å². The molecule has 2 rings (SSSR count). The standard InChI is InChI=1S/C18H26O8/c1-15(19)26-16-2-3-17-18(14-16)25-13-11-23-9-7-21-5-4-20-6-8-22-10-12-24-17/h2-3,14H,4-13H2,1H3. The van der Waals surface area contributed by atoms with Crippen LogP contribution in [0.3, 0.4) is 0 Å². The van der Waals surface area contributed by atoms with Crippen LogP contribution in [-0.4, -0.2) is 72.0 Å². The molecule has 0 spiro atoms. The summed E-state index contributed by atoms with van der Waals surface area (Å²) in [4.78, 5) is 11.1. The van der Waals surface area contributed by atoms with Gasteiger partial charge in [-0.2, -0.15) is 0 Å². The molecular formula is C18H26O8. The van der Waals surface area contributed by atoms with Gasteiger partial charge in [-0.25, -0.2) is 0 Å². The van der Waals surface area contributed by atoms with Gasteiger partial charge in [0.1, 0.15) is 19.0 Å². The van der Waals surface area contributed by atoms with Crippen LogP contribution >= 0.6 is 0 Å². The number of ether oxygens (including phenoxy) is 7. The molecule has 0 aliphatic carbocycles. The topological polar surface area (TPSA) is 81.7 Å². The molecule has 0 radical (unpaired) electrons. The molecule has 0 bridgehead atoms. The van der Waals surface area contributed by atoms with Crippen LogP contribution in [0.1, 0.15) is 6.92 Å². The summed E-state index contributed by atoms with van der Waals surface area (Å²) in [7, 11) is 0. The fourth-order valence-corrected chi connectivity index (χ4v) is 2.13. The fourth-order valence-electron chi connectivity index (χ4n) is 2.13. The van der Waals surface area contributed by atoms with E-state index in [4.69, 9.17) is 33.2 Å². The van der Waals surface area contributed by atoms with E-state index in [0.717, 1.165) is 0 Å². The molecule has 26 heavy (non-hydrogen) atoms. The van der Waals surface area contributed by atoms with Crippen LogP contribution in [0.25, 0.3) is 0 Å². The predicted octanol–water partition coefficient (Wildman–Crippen LogP) is 1.45. The normalized spacial score (nSPS) is 18.3. The van der Waals surface area contributed by atoms with Gasteiger partial charge >= 0.3 is 5.97 Å². The molecule has 0 atom stereocenters. The van der Waals surface area contributed by atoms with E-state index in [1.165, 1.54) is 6.92 Å². The second-order valence-electron chi connectivity index (χ2n) is 5.35. The average molecular weight is 370 g/mol. The van der Waals surface area contributed by atoms with Crippen molar-refractivity contribution in [3.63, 3.8) is 0 Å². The quantitative estimate of drug-likeness (QED) is 0.543. The molecule has 1 aromatic rings. The van der Waals surface area contributed by atoms with Crippen molar-refractivity contribution in [2.75, 3.05) is 66.1 Å². The van der Waals surface area contributed by atoms with E-state index in [1.54, 1.807) is 18.2 Å². The van der Waals surface area contributed by atoms with Crippen molar-refractivity contribution in [2.45, 2.75) is 6.92 Å². The van der Waals surface area contributed by atoms with E-state index in [0.29, 0.717) is 83.3 Å². The first-order chi connectivity index (χ1) is 12.8. The number of hydrogen-bond acceptors (Lipinski definition) is 8. The summed E-state index contributed by atoms with van der Waals surface area (Å²) in [6.45, 7) is 5.88. The zero-order valence-electron chi connectivity index (χ0n) is 15.1. The second kappa shape index (κ2) is 12.5. The largest absolute Gasteiger partial charge is 0.487 e. The van der Waals surface area contributed by atoms with Crippen molar-refractivity contribution in [1.82, 2.24) is 0 Å². The lowest BCUT2D eigenvalue weighted by molar-refractivity contribution is -0.131. The maximum absolute atomic E-state index is 11.1. The molecule has 0 N–H and O–H groups in total. The zero-order valence-corrected chi connectivity index (χ0v) is 15.1. The third-order valence-electron chi connectivity index (χ3n) is 3.26. The number of esters is 1. The van der Waals surface area contributed by atoms with Gasteiger partial charge in [0, 0.05) is 13.0 Å². The molecular weight excluding hydrogens is 344 g/mol. The Labute approximate surface area is 153 Å². The molecule has 1 aliphatic heterocycles. The Morgan fingerprint density at radius 2 is 1.19 bits per heavy atom. The second-order valence-corrected chi connectivity index (χ2v) is 5.35. The van der Waals surface area contributed by atoms with E-state index >= 15 is 0 Å². The molecule has 1 aliphatic rings. The molecule has 8 nitrogen and oxygen atoms in total. The van der Waals surface area contributed by atoms with Crippen molar-refractivity contribution in [3.8, 4) is 17.2 Å². The van der Waals surface area contributed by atoms with Crippen LogP contribution in [0.15, 0.2) is 18.2 Å². The van der Waals surface area contributed by atoms with Gasteiger partial charge < -0.3 is 33.2 Å². The highest BCUT2D eigenvalue weighted by atomic mass is 16.6. The van der Waals surface area contributed by atoms with Crippen LogP contribution in [0.2, 0.25) is 0 Å². The average Bonchev–Trinajstić information content (AvgIpc) is 2.61. The highest BCUT2D eigenvalue weighted by Gasteiger charge is 2.09. The lowest BCUT2D eigenvalue weighted by atomic mass is 10.3. The number of carbonyl (C=O) groups is 1. The molecule has 0 saturated carbocycles. The first-order valence-corrected chi connectivity index (χ1v) is 8.65. The number of fused-ring (bicyclic) bond motifs is 1. The van der Waals surface area contributed by atoms with Gasteiger partial charge in [-0.05, 0) is 12.1 Å². The molecule has 0 saturated heterocycles. The highest BCUT2D eigenvalue weighted by Crippen LogP contribution is 2.31. The maximum Gasteiger partial charge on any atom is 0.308 e. The monoisotopic (exact) mass is 370 g/mol. The minimum atomic E-state index is -0.398. The van der Waals surface area contributed by atoms with Crippen molar-refractivity contribution < 1.29 is 38.0 Å². The Morgan fingerprint density at radius 3 is 1.69 bits per heavy atom. The van der Waals surface area contributed by atoms with Gasteiger partial charge in [-0.3, -0.25) is 4.79 Å². The number of hydrogen-bond donors (Lipinski definition) is 0. The smallest absolute Gasteiger partial charge is 0.308 e. The molecule has 8 heteroatoms. The Bertz CT molecular complexity index is 534. The maximum atomic E-state index is 11.1. The summed E-state index contributed by atoms with van der Waals surface area (Å²) in [6.07, 6.45) is 0. The summed E-state index contributed by atoms with van der Waals surface area (Å²) >= 11 is 0. The molecule has 0 amide bonds. The first kappa shape index (κ1) is 20.4. The molecule has 1 aromatic carbocycles. The number of rotatable bonds is 1. The SMILES string of the molecule is CC(=O)Oc1ccc2c(c1)OCCOCCOCCOCCOCCO2. The Hall–Kier alpha value is -1.87. The summed E-state index contributed by atoms with van der Waals surface area (Å²) in [5.41, 5.74) is 0. The molecule has 0 unspecified atom stereocenters. The van der Waals surface area contributed by atoms with Crippen LogP contribution < -0.4 is 14.2 Å². The van der Waals surface area contributed by atoms with Crippen molar-refractivity contribution in [2.24, 2.45) is 0 Å². The van der Waals surface area contributed by atoms with Crippen LogP contribution in [0.5, 0.6) is 17.2 Å². The van der Waals surface area contributed by atoms with Gasteiger partial charge in [-0.15, -0.1) is 0 Å². The van der Waals surface area contributed by atoms with E-state index < -0.39 is 5.97 Å². The van der Waals surface area contributed by atoms with E-state index in [9.17, 15) is 4.79 Å². The van der Waals surface area contributed by atoms with Crippen LogP contribution in [0.4, 0.5) is 0 Å². The summed E-state index contributed by atoms with van der Waals surface area (Å²) in [5.74, 6) is 1.02. The Morgan fingerprint density at radius 1 is 0.731 bits per heavy atom. The van der Waals surface area contributed by atoms with Crippen molar-refractivity contribution >= 4 is 5.97 Å². The Balaban J connectivity index is 1.93. The lowest BCUT2D eigenvalue weighted by Crippen LogP contribution is -2.16. The first-order valence-electron chi connectivity index (χ1n) is 8.65. The molecule has 1 heterocycles. The molecule has 0 fully saturated rings. The van der Waals surface area contributed by atoms with Gasteiger partial charge in [0.15, 0.2) is 11.5 Å². The van der Waals surface area contributed by atoms with E-state index in [-0.39, 0.29) is 0 Å². The van der Waals surface area contributed by atoms with E-state index in [1.807, 2.05) is 0 Å². The number of benzene rings is 1. The zero-order chi connectivity index (χ0) is 18.5. The highest BCUT2D eigenvalue weighted by molar-refractivity contribution is 5.69. The van der Waals surface area contributed by atoms with Gasteiger partial charge in [0.2, 0.25) is 0 Å². The summed E-state index contributed by atoms with van der Waals surface area (Å²) < 4.78 is 38.2. The molecule has 0 aromatic heterocycles. The van der Waals surface area contributed by atoms with Gasteiger partial charge in [-0.1, -0.05) is 0 Å². The summed E-state index contributed by atoms with van der Waals surface area (Å²) in [6, 6.07) is 4.97. The fraction of sp³-hybridized carbons (Fsp3) is 0.611. The van der Waals surface area contributed by atoms with Gasteiger partial charge in [0.05, 0.1) is 52.9 Å². The lowest BCUT2D eigenvalue weighted by Gasteiger charge is -2.15. The van der Waals surface area contributed by atoms with Crippen LogP contribution in [-0.2, 0) is 23.7 Å². The minimum absolute atomic E-state index is 0.333. The third kappa shape index (κ3) is 8.48. The van der Waals surface area contributed by atoms with Crippen molar-refractivity contribution in [1.29, 1.82) is 0 Å². The number of carbonyl (C=O) groups excluding carboxylic acids is 1. The Kier molecular flexibility index (Phi) is 9.81. The van der Waals surface area contributed by atoms with Gasteiger partial charge in [0.25, 0.3) is 0 Å².